The average Bonchev–Trinajstić information content (AvgIpc) is 2.45. The third kappa shape index (κ3) is 3.52. The Balaban J connectivity index is 2.02. The van der Waals surface area contributed by atoms with Crippen molar-refractivity contribution in [3.63, 3.8) is 0 Å². The summed E-state index contributed by atoms with van der Waals surface area (Å²) in [7, 11) is 0. The van der Waals surface area contributed by atoms with Gasteiger partial charge in [0.2, 0.25) is 0 Å². The van der Waals surface area contributed by atoms with Crippen LogP contribution in [0.5, 0.6) is 0 Å². The molecule has 1 saturated carbocycles. The maximum atomic E-state index is 11.9. The molecule has 2 unspecified atom stereocenters. The Hall–Kier alpha value is -1.07. The summed E-state index contributed by atoms with van der Waals surface area (Å²) in [5.74, 6) is 1.33. The summed E-state index contributed by atoms with van der Waals surface area (Å²) < 4.78 is 1.18. The van der Waals surface area contributed by atoms with E-state index in [1.165, 1.54) is 30.4 Å². The molecule has 0 radical (unpaired) electrons. The molecule has 0 saturated heterocycles. The normalized spacial score (nSPS) is 22.8. The first-order chi connectivity index (χ1) is 9.63. The fourth-order valence-electron chi connectivity index (χ4n) is 2.78. The van der Waals surface area contributed by atoms with E-state index in [1.54, 1.807) is 6.20 Å². The average molecular weight is 300 g/mol. The predicted octanol–water partition coefficient (Wildman–Crippen LogP) is 2.13. The topological polar surface area (TPSA) is 67.2 Å². The molecule has 6 heteroatoms. The van der Waals surface area contributed by atoms with Crippen molar-refractivity contribution >= 4 is 17.3 Å². The van der Waals surface area contributed by atoms with Crippen LogP contribution in [-0.2, 0) is 6.54 Å². The van der Waals surface area contributed by atoms with Crippen molar-refractivity contribution in [3.05, 3.63) is 21.6 Å². The van der Waals surface area contributed by atoms with Crippen molar-refractivity contribution in [3.8, 4) is 0 Å². The fourth-order valence-corrected chi connectivity index (χ4v) is 2.99. The molecule has 0 aromatic carbocycles. The van der Waals surface area contributed by atoms with Crippen molar-refractivity contribution in [1.82, 2.24) is 9.78 Å². The molecule has 0 amide bonds. The van der Waals surface area contributed by atoms with Crippen LogP contribution in [0.1, 0.15) is 32.6 Å². The number of anilines is 1. The van der Waals surface area contributed by atoms with Crippen LogP contribution in [0.25, 0.3) is 0 Å². The van der Waals surface area contributed by atoms with E-state index < -0.39 is 0 Å². The highest BCUT2D eigenvalue weighted by Crippen LogP contribution is 2.30. The van der Waals surface area contributed by atoms with E-state index >= 15 is 0 Å². The molecule has 0 aliphatic heterocycles. The van der Waals surface area contributed by atoms with Gasteiger partial charge in [-0.2, -0.15) is 5.10 Å². The fraction of sp³-hybridized carbons (Fsp3) is 0.714. The lowest BCUT2D eigenvalue weighted by Crippen LogP contribution is -2.28. The molecule has 1 heterocycles. The molecule has 1 fully saturated rings. The summed E-state index contributed by atoms with van der Waals surface area (Å²) in [5.41, 5.74) is 0.228. The number of hydrogen-bond donors (Lipinski definition) is 2. The number of aliphatic hydroxyl groups excluding tert-OH is 1. The number of nitrogens with one attached hydrogen (secondary N) is 1. The van der Waals surface area contributed by atoms with Gasteiger partial charge in [0.05, 0.1) is 25.0 Å². The smallest absolute Gasteiger partial charge is 0.287 e. The summed E-state index contributed by atoms with van der Waals surface area (Å²) >= 11 is 6.07. The van der Waals surface area contributed by atoms with Crippen molar-refractivity contribution in [2.45, 2.75) is 39.2 Å². The maximum Gasteiger partial charge on any atom is 0.287 e. The summed E-state index contributed by atoms with van der Waals surface area (Å²) in [6.07, 6.45) is 6.65. The van der Waals surface area contributed by atoms with E-state index in [1.807, 2.05) is 0 Å². The van der Waals surface area contributed by atoms with Crippen LogP contribution in [0.4, 0.5) is 5.69 Å². The van der Waals surface area contributed by atoms with Gasteiger partial charge in [0.25, 0.3) is 5.56 Å². The Morgan fingerprint density at radius 2 is 2.25 bits per heavy atom. The van der Waals surface area contributed by atoms with Crippen LogP contribution in [0.3, 0.4) is 0 Å². The standard InChI is InChI=1S/C14H22ClN3O2/c1-10-4-2-3-5-11(10)8-16-12-9-17-18(6-7-19)14(20)13(12)15/h9-11,16,19H,2-8H2,1H3. The van der Waals surface area contributed by atoms with E-state index in [-0.39, 0.29) is 23.7 Å². The van der Waals surface area contributed by atoms with Gasteiger partial charge in [0.1, 0.15) is 5.02 Å². The molecule has 1 aromatic rings. The third-order valence-electron chi connectivity index (χ3n) is 4.14. The number of halogens is 1. The van der Waals surface area contributed by atoms with Crippen LogP contribution in [-0.4, -0.2) is 28.0 Å². The first-order valence-corrected chi connectivity index (χ1v) is 7.61. The molecule has 1 aliphatic rings. The van der Waals surface area contributed by atoms with E-state index in [2.05, 4.69) is 17.3 Å². The second kappa shape index (κ2) is 7.09. The first kappa shape index (κ1) is 15.3. The Morgan fingerprint density at radius 3 is 2.95 bits per heavy atom. The Morgan fingerprint density at radius 1 is 1.50 bits per heavy atom. The third-order valence-corrected chi connectivity index (χ3v) is 4.51. The molecule has 2 atom stereocenters. The van der Waals surface area contributed by atoms with Crippen LogP contribution in [0.15, 0.2) is 11.0 Å². The minimum Gasteiger partial charge on any atom is -0.394 e. The molecular weight excluding hydrogens is 278 g/mol. The van der Waals surface area contributed by atoms with Crippen molar-refractivity contribution < 1.29 is 5.11 Å². The van der Waals surface area contributed by atoms with Gasteiger partial charge in [-0.25, -0.2) is 4.68 Å². The second-order valence-electron chi connectivity index (χ2n) is 5.53. The SMILES string of the molecule is CC1CCCCC1CNc1cnn(CCO)c(=O)c1Cl. The zero-order chi connectivity index (χ0) is 14.5. The van der Waals surface area contributed by atoms with E-state index in [0.717, 1.165) is 6.54 Å². The van der Waals surface area contributed by atoms with Crippen LogP contribution in [0, 0.1) is 11.8 Å². The Labute approximate surface area is 124 Å². The van der Waals surface area contributed by atoms with Gasteiger partial charge in [-0.1, -0.05) is 37.8 Å². The van der Waals surface area contributed by atoms with E-state index in [9.17, 15) is 4.79 Å². The molecule has 1 aliphatic carbocycles. The van der Waals surface area contributed by atoms with Crippen LogP contribution in [0.2, 0.25) is 5.02 Å². The molecule has 1 aromatic heterocycles. The predicted molar refractivity (Wildman–Crippen MR) is 80.2 cm³/mol. The lowest BCUT2D eigenvalue weighted by atomic mass is 9.80. The highest BCUT2D eigenvalue weighted by atomic mass is 35.5. The summed E-state index contributed by atoms with van der Waals surface area (Å²) in [5, 5.41) is 16.3. The second-order valence-corrected chi connectivity index (χ2v) is 5.90. The highest BCUT2D eigenvalue weighted by Gasteiger charge is 2.21. The highest BCUT2D eigenvalue weighted by molar-refractivity contribution is 6.32. The summed E-state index contributed by atoms with van der Waals surface area (Å²) in [6.45, 7) is 3.14. The van der Waals surface area contributed by atoms with Crippen LogP contribution < -0.4 is 10.9 Å². The van der Waals surface area contributed by atoms with Gasteiger partial charge in [0, 0.05) is 6.54 Å². The molecular formula is C14H22ClN3O2. The number of aromatic nitrogens is 2. The minimum atomic E-state index is -0.359. The Bertz CT molecular complexity index is 504. The van der Waals surface area contributed by atoms with Crippen LogP contribution >= 0.6 is 11.6 Å². The number of rotatable bonds is 5. The van der Waals surface area contributed by atoms with Crippen molar-refractivity contribution in [2.24, 2.45) is 11.8 Å². The number of hydrogen-bond acceptors (Lipinski definition) is 4. The molecule has 5 nitrogen and oxygen atoms in total. The molecule has 0 spiro atoms. The molecule has 112 valence electrons. The van der Waals surface area contributed by atoms with Crippen molar-refractivity contribution in [1.29, 1.82) is 0 Å². The van der Waals surface area contributed by atoms with Gasteiger partial charge in [0.15, 0.2) is 0 Å². The van der Waals surface area contributed by atoms with E-state index in [4.69, 9.17) is 16.7 Å². The summed E-state index contributed by atoms with van der Waals surface area (Å²) in [6, 6.07) is 0. The summed E-state index contributed by atoms with van der Waals surface area (Å²) in [4.78, 5) is 11.9. The first-order valence-electron chi connectivity index (χ1n) is 7.24. The van der Waals surface area contributed by atoms with Crippen molar-refractivity contribution in [2.75, 3.05) is 18.5 Å². The molecule has 2 N–H and O–H groups in total. The van der Waals surface area contributed by atoms with Gasteiger partial charge in [-0.05, 0) is 18.3 Å². The zero-order valence-electron chi connectivity index (χ0n) is 11.8. The van der Waals surface area contributed by atoms with Gasteiger partial charge in [-0.15, -0.1) is 0 Å². The molecule has 20 heavy (non-hydrogen) atoms. The lowest BCUT2D eigenvalue weighted by Gasteiger charge is -2.29. The zero-order valence-corrected chi connectivity index (χ0v) is 12.6. The molecule has 0 bridgehead atoms. The molecule has 2 rings (SSSR count). The van der Waals surface area contributed by atoms with Gasteiger partial charge >= 0.3 is 0 Å². The minimum absolute atomic E-state index is 0.129. The monoisotopic (exact) mass is 299 g/mol. The largest absolute Gasteiger partial charge is 0.394 e. The van der Waals surface area contributed by atoms with Gasteiger partial charge < -0.3 is 10.4 Å². The number of nitrogens with zero attached hydrogens (tertiary/aromatic N) is 2. The Kier molecular flexibility index (Phi) is 5.43. The number of aliphatic hydroxyl groups is 1. The quantitative estimate of drug-likeness (QED) is 0.874. The van der Waals surface area contributed by atoms with E-state index in [0.29, 0.717) is 17.5 Å². The maximum absolute atomic E-state index is 11.9. The van der Waals surface area contributed by atoms with Gasteiger partial charge in [-0.3, -0.25) is 4.79 Å². The lowest BCUT2D eigenvalue weighted by molar-refractivity contribution is 0.265.